The maximum Gasteiger partial charge on any atom is 0.272 e. The molecule has 1 saturated heterocycles. The molecule has 0 unspecified atom stereocenters. The number of ether oxygens (including phenoxy) is 1. The van der Waals surface area contributed by atoms with Crippen LogP contribution < -0.4 is 4.74 Å². The zero-order valence-corrected chi connectivity index (χ0v) is 16.7. The van der Waals surface area contributed by atoms with Crippen molar-refractivity contribution in [3.05, 3.63) is 71.5 Å². The minimum absolute atomic E-state index is 0.0685. The highest BCUT2D eigenvalue weighted by Gasteiger charge is 2.29. The maximum absolute atomic E-state index is 12.8. The lowest BCUT2D eigenvalue weighted by atomic mass is 9.97. The minimum atomic E-state index is -0.0685. The van der Waals surface area contributed by atoms with Gasteiger partial charge in [-0.3, -0.25) is 4.79 Å². The quantitative estimate of drug-likeness (QED) is 0.662. The van der Waals surface area contributed by atoms with Crippen molar-refractivity contribution in [3.8, 4) is 5.75 Å². The van der Waals surface area contributed by atoms with Gasteiger partial charge in [-0.15, -0.1) is 0 Å². The monoisotopic (exact) mass is 392 g/mol. The molecule has 3 heterocycles. The standard InChI is InChI=1S/C22H24N4O3/c1-15-23-10-9-19(25-15)22(27)26-11-5-7-17(14-26)21-24-13-18(29-21)12-16-6-3-4-8-20(16)28-2/h3-4,6,8-10,13,17H,5,7,11-12,14H2,1-2H3/t17-/m1/s1. The molecule has 2 aromatic heterocycles. The van der Waals surface area contributed by atoms with Gasteiger partial charge in [0.25, 0.3) is 5.91 Å². The Morgan fingerprint density at radius 1 is 1.28 bits per heavy atom. The first-order valence-corrected chi connectivity index (χ1v) is 9.79. The van der Waals surface area contributed by atoms with E-state index in [1.165, 1.54) is 0 Å². The number of para-hydroxylation sites is 1. The molecule has 0 N–H and O–H groups in total. The predicted molar refractivity (Wildman–Crippen MR) is 107 cm³/mol. The number of piperidine rings is 1. The molecule has 7 nitrogen and oxygen atoms in total. The van der Waals surface area contributed by atoms with E-state index in [0.29, 0.717) is 36.9 Å². The molecule has 1 amide bonds. The molecule has 1 aliphatic rings. The lowest BCUT2D eigenvalue weighted by molar-refractivity contribution is 0.0691. The van der Waals surface area contributed by atoms with E-state index in [1.807, 2.05) is 29.2 Å². The summed E-state index contributed by atoms with van der Waals surface area (Å²) in [4.78, 5) is 27.5. The van der Waals surface area contributed by atoms with Crippen LogP contribution in [0.3, 0.4) is 0 Å². The maximum atomic E-state index is 12.8. The van der Waals surface area contributed by atoms with Crippen molar-refractivity contribution in [1.82, 2.24) is 19.9 Å². The molecular weight excluding hydrogens is 368 g/mol. The normalized spacial score (nSPS) is 16.6. The van der Waals surface area contributed by atoms with Gasteiger partial charge in [-0.05, 0) is 31.9 Å². The number of rotatable bonds is 5. The van der Waals surface area contributed by atoms with Crippen LogP contribution in [0.2, 0.25) is 0 Å². The third kappa shape index (κ3) is 4.29. The summed E-state index contributed by atoms with van der Waals surface area (Å²) in [5.74, 6) is 2.92. The number of carbonyl (C=O) groups is 1. The fourth-order valence-corrected chi connectivity index (χ4v) is 3.73. The van der Waals surface area contributed by atoms with Gasteiger partial charge in [-0.1, -0.05) is 18.2 Å². The Bertz CT molecular complexity index is 1000. The Kier molecular flexibility index (Phi) is 5.55. The van der Waals surface area contributed by atoms with Crippen molar-refractivity contribution in [2.45, 2.75) is 32.1 Å². The van der Waals surface area contributed by atoms with E-state index >= 15 is 0 Å². The Morgan fingerprint density at radius 3 is 2.97 bits per heavy atom. The number of benzene rings is 1. The summed E-state index contributed by atoms with van der Waals surface area (Å²) in [7, 11) is 1.66. The summed E-state index contributed by atoms with van der Waals surface area (Å²) >= 11 is 0. The van der Waals surface area contributed by atoms with Gasteiger partial charge < -0.3 is 14.1 Å². The summed E-state index contributed by atoms with van der Waals surface area (Å²) in [6.07, 6.45) is 5.87. The van der Waals surface area contributed by atoms with Crippen LogP contribution in [0, 0.1) is 6.92 Å². The lowest BCUT2D eigenvalue weighted by Crippen LogP contribution is -2.39. The molecule has 0 radical (unpaired) electrons. The average molecular weight is 392 g/mol. The summed E-state index contributed by atoms with van der Waals surface area (Å²) in [5.41, 5.74) is 1.49. The van der Waals surface area contributed by atoms with Crippen LogP contribution in [0.5, 0.6) is 5.75 Å². The Labute approximate surface area is 169 Å². The van der Waals surface area contributed by atoms with E-state index in [2.05, 4.69) is 15.0 Å². The first kappa shape index (κ1) is 19.1. The van der Waals surface area contributed by atoms with Crippen molar-refractivity contribution < 1.29 is 13.9 Å². The van der Waals surface area contributed by atoms with Crippen LogP contribution in [0.1, 0.15) is 52.3 Å². The topological polar surface area (TPSA) is 81.4 Å². The second-order valence-corrected chi connectivity index (χ2v) is 7.23. The third-order valence-electron chi connectivity index (χ3n) is 5.18. The Hall–Kier alpha value is -3.22. The molecule has 29 heavy (non-hydrogen) atoms. The molecule has 0 saturated carbocycles. The first-order valence-electron chi connectivity index (χ1n) is 9.79. The molecule has 0 aliphatic carbocycles. The number of hydrogen-bond acceptors (Lipinski definition) is 6. The molecule has 7 heteroatoms. The largest absolute Gasteiger partial charge is 0.496 e. The highest BCUT2D eigenvalue weighted by Crippen LogP contribution is 2.29. The zero-order valence-electron chi connectivity index (χ0n) is 16.7. The van der Waals surface area contributed by atoms with Crippen molar-refractivity contribution in [2.24, 2.45) is 0 Å². The number of nitrogens with zero attached hydrogens (tertiary/aromatic N) is 4. The van der Waals surface area contributed by atoms with Gasteiger partial charge in [-0.25, -0.2) is 15.0 Å². The molecule has 150 valence electrons. The smallest absolute Gasteiger partial charge is 0.272 e. The molecule has 3 aromatic rings. The van der Waals surface area contributed by atoms with Crippen molar-refractivity contribution >= 4 is 5.91 Å². The van der Waals surface area contributed by atoms with Crippen molar-refractivity contribution in [1.29, 1.82) is 0 Å². The second-order valence-electron chi connectivity index (χ2n) is 7.23. The van der Waals surface area contributed by atoms with Gasteiger partial charge in [-0.2, -0.15) is 0 Å². The fourth-order valence-electron chi connectivity index (χ4n) is 3.73. The van der Waals surface area contributed by atoms with E-state index in [1.54, 1.807) is 32.5 Å². The van der Waals surface area contributed by atoms with E-state index in [4.69, 9.17) is 9.15 Å². The number of carbonyl (C=O) groups excluding carboxylic acids is 1. The summed E-state index contributed by atoms with van der Waals surface area (Å²) in [6.45, 7) is 3.08. The molecule has 1 aliphatic heterocycles. The van der Waals surface area contributed by atoms with Gasteiger partial charge in [0, 0.05) is 31.3 Å². The highest BCUT2D eigenvalue weighted by atomic mass is 16.5. The van der Waals surface area contributed by atoms with Crippen LogP contribution in [0.4, 0.5) is 0 Å². The van der Waals surface area contributed by atoms with Gasteiger partial charge in [0.05, 0.1) is 19.2 Å². The predicted octanol–water partition coefficient (Wildman–Crippen LogP) is 3.39. The van der Waals surface area contributed by atoms with Gasteiger partial charge in [0.1, 0.15) is 23.0 Å². The number of oxazole rings is 1. The van der Waals surface area contributed by atoms with Gasteiger partial charge in [0.15, 0.2) is 5.89 Å². The summed E-state index contributed by atoms with van der Waals surface area (Å²) in [5, 5.41) is 0. The van der Waals surface area contributed by atoms with Crippen molar-refractivity contribution in [3.63, 3.8) is 0 Å². The molecule has 4 rings (SSSR count). The Morgan fingerprint density at radius 2 is 2.14 bits per heavy atom. The molecule has 1 fully saturated rings. The number of aromatic nitrogens is 3. The molecule has 1 atom stereocenters. The Balaban J connectivity index is 1.46. The first-order chi connectivity index (χ1) is 14.1. The zero-order chi connectivity index (χ0) is 20.2. The van der Waals surface area contributed by atoms with E-state index in [9.17, 15) is 4.79 Å². The SMILES string of the molecule is COc1ccccc1Cc1cnc([C@@H]2CCCN(C(=O)c3ccnc(C)n3)C2)o1. The van der Waals surface area contributed by atoms with Gasteiger partial charge in [0.2, 0.25) is 0 Å². The number of hydrogen-bond donors (Lipinski definition) is 0. The second kappa shape index (κ2) is 8.43. The summed E-state index contributed by atoms with van der Waals surface area (Å²) in [6, 6.07) is 9.54. The molecule has 0 spiro atoms. The van der Waals surface area contributed by atoms with Crippen LogP contribution in [0.25, 0.3) is 0 Å². The van der Waals surface area contributed by atoms with E-state index in [-0.39, 0.29) is 11.8 Å². The minimum Gasteiger partial charge on any atom is -0.496 e. The van der Waals surface area contributed by atoms with Crippen LogP contribution in [-0.4, -0.2) is 46.0 Å². The number of amides is 1. The molecule has 1 aromatic carbocycles. The summed E-state index contributed by atoms with van der Waals surface area (Å²) < 4.78 is 11.5. The van der Waals surface area contributed by atoms with E-state index < -0.39 is 0 Å². The van der Waals surface area contributed by atoms with E-state index in [0.717, 1.165) is 29.9 Å². The lowest BCUT2D eigenvalue weighted by Gasteiger charge is -2.31. The van der Waals surface area contributed by atoms with Gasteiger partial charge >= 0.3 is 0 Å². The van der Waals surface area contributed by atoms with Crippen LogP contribution in [-0.2, 0) is 6.42 Å². The third-order valence-corrected chi connectivity index (χ3v) is 5.18. The number of aryl methyl sites for hydroxylation is 1. The average Bonchev–Trinajstić information content (AvgIpc) is 3.22. The molecule has 0 bridgehead atoms. The fraction of sp³-hybridized carbons (Fsp3) is 0.364. The van der Waals surface area contributed by atoms with Crippen molar-refractivity contribution in [2.75, 3.05) is 20.2 Å². The van der Waals surface area contributed by atoms with Crippen LogP contribution >= 0.6 is 0 Å². The molecular formula is C22H24N4O3. The highest BCUT2D eigenvalue weighted by molar-refractivity contribution is 5.92. The van der Waals surface area contributed by atoms with Crippen LogP contribution in [0.15, 0.2) is 47.1 Å². The number of methoxy groups -OCH3 is 1. The number of likely N-dealkylation sites (tertiary alicyclic amines) is 1.